The van der Waals surface area contributed by atoms with Crippen LogP contribution in [0.2, 0.25) is 0 Å². The molecule has 0 aliphatic heterocycles. The van der Waals surface area contributed by atoms with E-state index in [0.717, 1.165) is 57.9 Å². The van der Waals surface area contributed by atoms with E-state index in [1.165, 1.54) is 77.5 Å². The predicted molar refractivity (Wildman–Crippen MR) is 274 cm³/mol. The summed E-state index contributed by atoms with van der Waals surface area (Å²) in [5, 5.41) is 4.72. The molecule has 322 valence electrons. The molecule has 1 atom stereocenters. The Morgan fingerprint density at radius 1 is 0.462 bits per heavy atom. The fraction of sp³-hybridized carbons (Fsp3) is 0.238. The molecule has 0 N–H and O–H groups in total. The number of aryl methyl sites for hydroxylation is 1. The van der Waals surface area contributed by atoms with E-state index in [1.54, 1.807) is 0 Å². The SMILES string of the molecule is CC(C)(C)c1cc(-c2ccc(-c3cccc4c3oc3ccccc34)c(CCC(Cc3cccc4oc5ccccc5c34)c3ccc4c(c3)C(C)(C)c3ccccc3-4)c2)cc(C(C)(C)C)c1. The molecule has 2 heteroatoms. The van der Waals surface area contributed by atoms with E-state index in [2.05, 4.69) is 219 Å². The molecular weight excluding hydrogens is 789 g/mol. The van der Waals surface area contributed by atoms with Crippen LogP contribution in [-0.2, 0) is 29.1 Å². The van der Waals surface area contributed by atoms with Crippen molar-refractivity contribution in [1.29, 1.82) is 0 Å². The third-order valence-electron chi connectivity index (χ3n) is 14.6. The topological polar surface area (TPSA) is 26.3 Å². The minimum atomic E-state index is -0.0898. The molecule has 2 aromatic heterocycles. The minimum Gasteiger partial charge on any atom is -0.456 e. The lowest BCUT2D eigenvalue weighted by Crippen LogP contribution is -2.16. The summed E-state index contributed by atoms with van der Waals surface area (Å²) < 4.78 is 13.2. The molecule has 10 aromatic rings. The Kier molecular flexibility index (Phi) is 9.63. The predicted octanol–water partition coefficient (Wildman–Crippen LogP) is 17.7. The maximum atomic E-state index is 6.74. The van der Waals surface area contributed by atoms with Crippen molar-refractivity contribution >= 4 is 43.9 Å². The molecule has 0 saturated heterocycles. The summed E-state index contributed by atoms with van der Waals surface area (Å²) in [4.78, 5) is 0. The van der Waals surface area contributed by atoms with Crippen molar-refractivity contribution in [3.05, 3.63) is 203 Å². The average Bonchev–Trinajstić information content (AvgIpc) is 3.95. The zero-order chi connectivity index (χ0) is 44.8. The van der Waals surface area contributed by atoms with Gasteiger partial charge < -0.3 is 8.83 Å². The monoisotopic (exact) mass is 846 g/mol. The maximum absolute atomic E-state index is 6.74. The number of furan rings is 2. The van der Waals surface area contributed by atoms with Crippen LogP contribution in [0.15, 0.2) is 173 Å². The quantitative estimate of drug-likeness (QED) is 0.152. The van der Waals surface area contributed by atoms with Crippen LogP contribution in [0.4, 0.5) is 0 Å². The lowest BCUT2D eigenvalue weighted by molar-refractivity contribution is 0.569. The first-order valence-electron chi connectivity index (χ1n) is 23.6. The molecule has 11 rings (SSSR count). The second-order valence-electron chi connectivity index (χ2n) is 21.3. The van der Waals surface area contributed by atoms with E-state index in [4.69, 9.17) is 8.83 Å². The Balaban J connectivity index is 1.08. The van der Waals surface area contributed by atoms with Gasteiger partial charge in [0.15, 0.2) is 0 Å². The summed E-state index contributed by atoms with van der Waals surface area (Å²) in [6.45, 7) is 18.7. The summed E-state index contributed by atoms with van der Waals surface area (Å²) in [5.74, 6) is 0.231. The molecule has 0 radical (unpaired) electrons. The Bertz CT molecular complexity index is 3430. The summed E-state index contributed by atoms with van der Waals surface area (Å²) in [6.07, 6.45) is 2.74. The van der Waals surface area contributed by atoms with Crippen LogP contribution in [0.5, 0.6) is 0 Å². The van der Waals surface area contributed by atoms with Gasteiger partial charge in [0.1, 0.15) is 22.3 Å². The fourth-order valence-electron chi connectivity index (χ4n) is 10.8. The van der Waals surface area contributed by atoms with Gasteiger partial charge in [-0.25, -0.2) is 0 Å². The number of rotatable bonds is 8. The van der Waals surface area contributed by atoms with Crippen LogP contribution in [0, 0.1) is 0 Å². The number of benzene rings is 8. The summed E-state index contributed by atoms with van der Waals surface area (Å²) in [6, 6.07) is 61.1. The molecule has 2 nitrogen and oxygen atoms in total. The van der Waals surface area contributed by atoms with Gasteiger partial charge >= 0.3 is 0 Å². The van der Waals surface area contributed by atoms with Gasteiger partial charge in [0, 0.05) is 32.5 Å². The van der Waals surface area contributed by atoms with E-state index in [0.29, 0.717) is 0 Å². The van der Waals surface area contributed by atoms with Gasteiger partial charge in [0.2, 0.25) is 0 Å². The highest BCUT2D eigenvalue weighted by molar-refractivity contribution is 6.10. The summed E-state index contributed by atoms with van der Waals surface area (Å²) in [7, 11) is 0. The number of hydrogen-bond donors (Lipinski definition) is 0. The van der Waals surface area contributed by atoms with Gasteiger partial charge in [-0.1, -0.05) is 201 Å². The van der Waals surface area contributed by atoms with Crippen LogP contribution in [0.3, 0.4) is 0 Å². The van der Waals surface area contributed by atoms with E-state index >= 15 is 0 Å². The first kappa shape index (κ1) is 41.1. The molecule has 0 saturated carbocycles. The van der Waals surface area contributed by atoms with Crippen molar-refractivity contribution in [3.8, 4) is 33.4 Å². The third kappa shape index (κ3) is 7.10. The van der Waals surface area contributed by atoms with E-state index in [1.807, 2.05) is 0 Å². The molecule has 1 aliphatic rings. The van der Waals surface area contributed by atoms with Crippen molar-refractivity contribution in [2.45, 2.75) is 96.8 Å². The molecule has 0 spiro atoms. The number of hydrogen-bond acceptors (Lipinski definition) is 2. The van der Waals surface area contributed by atoms with Crippen molar-refractivity contribution in [2.24, 2.45) is 0 Å². The van der Waals surface area contributed by atoms with Crippen molar-refractivity contribution in [1.82, 2.24) is 0 Å². The van der Waals surface area contributed by atoms with E-state index in [9.17, 15) is 0 Å². The average molecular weight is 847 g/mol. The van der Waals surface area contributed by atoms with Crippen LogP contribution in [-0.4, -0.2) is 0 Å². The van der Waals surface area contributed by atoms with Crippen LogP contribution < -0.4 is 0 Å². The zero-order valence-corrected chi connectivity index (χ0v) is 39.1. The highest BCUT2D eigenvalue weighted by Crippen LogP contribution is 2.50. The molecule has 2 heterocycles. The molecule has 1 unspecified atom stereocenters. The van der Waals surface area contributed by atoms with Gasteiger partial charge in [0.05, 0.1) is 0 Å². The van der Waals surface area contributed by atoms with Crippen molar-refractivity contribution in [3.63, 3.8) is 0 Å². The Morgan fingerprint density at radius 3 is 1.85 bits per heavy atom. The molecule has 8 aromatic carbocycles. The lowest BCUT2D eigenvalue weighted by Gasteiger charge is -2.26. The van der Waals surface area contributed by atoms with Crippen LogP contribution in [0.1, 0.15) is 107 Å². The highest BCUT2D eigenvalue weighted by Gasteiger charge is 2.36. The molecule has 0 fully saturated rings. The lowest BCUT2D eigenvalue weighted by atomic mass is 9.78. The second kappa shape index (κ2) is 15.2. The second-order valence-corrected chi connectivity index (χ2v) is 21.3. The minimum absolute atomic E-state index is 0.0118. The number of para-hydroxylation sites is 3. The standard InChI is InChI=1S/C63H58O2/c1-61(2,3)45-35-44(36-46(38-45)62(4,5)6)40-29-31-47(51-21-16-22-52-50-19-10-13-24-56(50)65-60(51)52)42(33-40)28-27-39(34-43-17-15-26-58-59(43)53-20-11-14-25-57(53)64-58)41-30-32-49-48-18-9-12-23-54(48)63(7,8)55(49)37-41/h9-26,29-33,35-39H,27-28,34H2,1-8H3. The van der Waals surface area contributed by atoms with Gasteiger partial charge in [-0.05, 0) is 121 Å². The van der Waals surface area contributed by atoms with E-state index < -0.39 is 0 Å². The van der Waals surface area contributed by atoms with E-state index in [-0.39, 0.29) is 22.2 Å². The maximum Gasteiger partial charge on any atom is 0.143 e. The Hall–Kier alpha value is -6.64. The third-order valence-corrected chi connectivity index (χ3v) is 14.6. The summed E-state index contributed by atoms with van der Waals surface area (Å²) >= 11 is 0. The summed E-state index contributed by atoms with van der Waals surface area (Å²) in [5.41, 5.74) is 20.9. The Labute approximate surface area is 384 Å². The molecular formula is C63H58O2. The zero-order valence-electron chi connectivity index (χ0n) is 39.1. The number of fused-ring (bicyclic) bond motifs is 9. The van der Waals surface area contributed by atoms with Crippen molar-refractivity contribution in [2.75, 3.05) is 0 Å². The van der Waals surface area contributed by atoms with Gasteiger partial charge in [0.25, 0.3) is 0 Å². The molecule has 65 heavy (non-hydrogen) atoms. The first-order chi connectivity index (χ1) is 31.2. The molecule has 1 aliphatic carbocycles. The van der Waals surface area contributed by atoms with Crippen LogP contribution >= 0.6 is 0 Å². The Morgan fingerprint density at radius 2 is 1.08 bits per heavy atom. The van der Waals surface area contributed by atoms with Gasteiger partial charge in [-0.3, -0.25) is 0 Å². The first-order valence-corrected chi connectivity index (χ1v) is 23.6. The normalized spacial score (nSPS) is 14.1. The van der Waals surface area contributed by atoms with Gasteiger partial charge in [-0.15, -0.1) is 0 Å². The van der Waals surface area contributed by atoms with Gasteiger partial charge in [-0.2, -0.15) is 0 Å². The highest BCUT2D eigenvalue weighted by atomic mass is 16.3. The van der Waals surface area contributed by atoms with Crippen molar-refractivity contribution < 1.29 is 8.83 Å². The molecule has 0 bridgehead atoms. The largest absolute Gasteiger partial charge is 0.456 e. The molecule has 0 amide bonds. The fourth-order valence-corrected chi connectivity index (χ4v) is 10.8. The smallest absolute Gasteiger partial charge is 0.143 e. The van der Waals surface area contributed by atoms with Crippen LogP contribution in [0.25, 0.3) is 77.3 Å².